The minimum absolute atomic E-state index is 0.0433. The Morgan fingerprint density at radius 2 is 2.16 bits per heavy atom. The Kier molecular flexibility index (Phi) is 6.48. The summed E-state index contributed by atoms with van der Waals surface area (Å²) in [5.74, 6) is -0.247. The van der Waals surface area contributed by atoms with Gasteiger partial charge in [0.1, 0.15) is 6.10 Å². The molecule has 110 valence electrons. The van der Waals surface area contributed by atoms with Gasteiger partial charge in [0.2, 0.25) is 0 Å². The summed E-state index contributed by atoms with van der Waals surface area (Å²) in [6, 6.07) is 0. The number of esters is 1. The van der Waals surface area contributed by atoms with Gasteiger partial charge >= 0.3 is 5.97 Å². The van der Waals surface area contributed by atoms with Gasteiger partial charge in [-0.2, -0.15) is 0 Å². The van der Waals surface area contributed by atoms with E-state index in [4.69, 9.17) is 14.2 Å². The molecule has 1 N–H and O–H groups in total. The second-order valence-electron chi connectivity index (χ2n) is 5.08. The summed E-state index contributed by atoms with van der Waals surface area (Å²) in [6.45, 7) is 3.87. The van der Waals surface area contributed by atoms with E-state index in [1.165, 1.54) is 6.08 Å². The van der Waals surface area contributed by atoms with E-state index >= 15 is 0 Å². The minimum Gasteiger partial charge on any atom is -0.458 e. The SMILES string of the molecule is CO[C@H](CO)C[C@H](OC)[C@@H](C)[C@H]1CC(C)=CC(=O)O1. The van der Waals surface area contributed by atoms with Gasteiger partial charge in [0.25, 0.3) is 0 Å². The molecule has 5 nitrogen and oxygen atoms in total. The first kappa shape index (κ1) is 16.1. The first-order chi connectivity index (χ1) is 9.01. The van der Waals surface area contributed by atoms with Crippen LogP contribution in [0.1, 0.15) is 26.7 Å². The van der Waals surface area contributed by atoms with Crippen LogP contribution in [0, 0.1) is 5.92 Å². The van der Waals surface area contributed by atoms with Gasteiger partial charge in [-0.3, -0.25) is 0 Å². The van der Waals surface area contributed by atoms with Crippen molar-refractivity contribution in [1.82, 2.24) is 0 Å². The fourth-order valence-corrected chi connectivity index (χ4v) is 2.36. The number of carbonyl (C=O) groups excluding carboxylic acids is 1. The van der Waals surface area contributed by atoms with Crippen molar-refractivity contribution >= 4 is 5.97 Å². The second kappa shape index (κ2) is 7.62. The summed E-state index contributed by atoms with van der Waals surface area (Å²) in [7, 11) is 3.18. The highest BCUT2D eigenvalue weighted by Gasteiger charge is 2.32. The van der Waals surface area contributed by atoms with Crippen molar-refractivity contribution in [2.75, 3.05) is 20.8 Å². The Morgan fingerprint density at radius 1 is 1.47 bits per heavy atom. The van der Waals surface area contributed by atoms with Gasteiger partial charge in [-0.1, -0.05) is 12.5 Å². The summed E-state index contributed by atoms with van der Waals surface area (Å²) in [6.07, 6.45) is 2.25. The van der Waals surface area contributed by atoms with Crippen LogP contribution in [0.2, 0.25) is 0 Å². The number of aliphatic hydroxyl groups excluding tert-OH is 1. The molecule has 4 atom stereocenters. The third-order valence-corrected chi connectivity index (χ3v) is 3.66. The van der Waals surface area contributed by atoms with Gasteiger partial charge < -0.3 is 19.3 Å². The number of rotatable bonds is 7. The molecule has 0 spiro atoms. The molecule has 0 amide bonds. The van der Waals surface area contributed by atoms with Crippen LogP contribution in [0.15, 0.2) is 11.6 Å². The number of hydrogen-bond donors (Lipinski definition) is 1. The molecule has 0 aliphatic carbocycles. The normalized spacial score (nSPS) is 24.4. The highest BCUT2D eigenvalue weighted by Crippen LogP contribution is 2.27. The minimum atomic E-state index is -0.291. The van der Waals surface area contributed by atoms with Crippen LogP contribution in [0.4, 0.5) is 0 Å². The first-order valence-electron chi connectivity index (χ1n) is 6.56. The highest BCUT2D eigenvalue weighted by atomic mass is 16.5. The van der Waals surface area contributed by atoms with Gasteiger partial charge in [-0.05, 0) is 6.92 Å². The number of ether oxygens (including phenoxy) is 3. The maximum atomic E-state index is 11.4. The molecular formula is C14H24O5. The lowest BCUT2D eigenvalue weighted by molar-refractivity contribution is -0.150. The van der Waals surface area contributed by atoms with Crippen LogP contribution >= 0.6 is 0 Å². The van der Waals surface area contributed by atoms with Crippen molar-refractivity contribution in [2.45, 2.75) is 45.0 Å². The summed E-state index contributed by atoms with van der Waals surface area (Å²) < 4.78 is 16.0. The Hall–Kier alpha value is -0.910. The molecule has 0 aromatic rings. The molecule has 0 fully saturated rings. The first-order valence-corrected chi connectivity index (χ1v) is 6.56. The summed E-state index contributed by atoms with van der Waals surface area (Å²) >= 11 is 0. The Bertz CT molecular complexity index is 322. The van der Waals surface area contributed by atoms with Crippen molar-refractivity contribution in [3.8, 4) is 0 Å². The fourth-order valence-electron chi connectivity index (χ4n) is 2.36. The van der Waals surface area contributed by atoms with Gasteiger partial charge in [0.15, 0.2) is 0 Å². The zero-order chi connectivity index (χ0) is 14.4. The average Bonchev–Trinajstić information content (AvgIpc) is 2.38. The second-order valence-corrected chi connectivity index (χ2v) is 5.08. The topological polar surface area (TPSA) is 65.0 Å². The Labute approximate surface area is 114 Å². The van der Waals surface area contributed by atoms with Gasteiger partial charge in [0, 0.05) is 39.1 Å². The van der Waals surface area contributed by atoms with Crippen LogP contribution in [-0.2, 0) is 19.0 Å². The van der Waals surface area contributed by atoms with Crippen molar-refractivity contribution in [1.29, 1.82) is 0 Å². The lowest BCUT2D eigenvalue weighted by Crippen LogP contribution is -2.38. The number of methoxy groups -OCH3 is 2. The third kappa shape index (κ3) is 4.60. The van der Waals surface area contributed by atoms with Crippen LogP contribution in [0.5, 0.6) is 0 Å². The summed E-state index contributed by atoms with van der Waals surface area (Å²) in [4.78, 5) is 11.4. The molecular weight excluding hydrogens is 248 g/mol. The number of hydrogen-bond acceptors (Lipinski definition) is 5. The monoisotopic (exact) mass is 272 g/mol. The molecule has 1 rings (SSSR count). The molecule has 0 radical (unpaired) electrons. The Morgan fingerprint density at radius 3 is 2.63 bits per heavy atom. The van der Waals surface area contributed by atoms with E-state index in [1.54, 1.807) is 14.2 Å². The van der Waals surface area contributed by atoms with Crippen molar-refractivity contribution in [3.63, 3.8) is 0 Å². The lowest BCUT2D eigenvalue weighted by atomic mass is 9.89. The third-order valence-electron chi connectivity index (χ3n) is 3.66. The van der Waals surface area contributed by atoms with Crippen molar-refractivity contribution < 1.29 is 24.1 Å². The molecule has 0 saturated carbocycles. The van der Waals surface area contributed by atoms with Gasteiger partial charge in [-0.25, -0.2) is 4.79 Å². The summed E-state index contributed by atoms with van der Waals surface area (Å²) in [5.41, 5.74) is 1.02. The van der Waals surface area contributed by atoms with E-state index in [0.717, 1.165) is 12.0 Å². The predicted molar refractivity (Wildman–Crippen MR) is 70.7 cm³/mol. The molecule has 0 unspecified atom stereocenters. The molecule has 1 heterocycles. The largest absolute Gasteiger partial charge is 0.458 e. The average molecular weight is 272 g/mol. The quantitative estimate of drug-likeness (QED) is 0.708. The maximum absolute atomic E-state index is 11.4. The maximum Gasteiger partial charge on any atom is 0.330 e. The van der Waals surface area contributed by atoms with Crippen LogP contribution in [0.3, 0.4) is 0 Å². The fraction of sp³-hybridized carbons (Fsp3) is 0.786. The predicted octanol–water partition coefficient (Wildman–Crippen LogP) is 1.30. The number of carbonyl (C=O) groups is 1. The molecule has 1 aliphatic rings. The van der Waals surface area contributed by atoms with Gasteiger partial charge in [-0.15, -0.1) is 0 Å². The molecule has 0 aromatic carbocycles. The molecule has 0 aromatic heterocycles. The molecule has 5 heteroatoms. The zero-order valence-corrected chi connectivity index (χ0v) is 12.1. The van der Waals surface area contributed by atoms with Gasteiger partial charge in [0.05, 0.1) is 18.8 Å². The van der Waals surface area contributed by atoms with Crippen molar-refractivity contribution in [2.24, 2.45) is 5.92 Å². The van der Waals surface area contributed by atoms with Crippen LogP contribution in [-0.4, -0.2) is 50.2 Å². The molecule has 0 bridgehead atoms. The van der Waals surface area contributed by atoms with E-state index in [1.807, 2.05) is 13.8 Å². The lowest BCUT2D eigenvalue weighted by Gasteiger charge is -2.33. The molecule has 0 saturated heterocycles. The summed E-state index contributed by atoms with van der Waals surface area (Å²) in [5, 5.41) is 9.17. The van der Waals surface area contributed by atoms with E-state index in [0.29, 0.717) is 6.42 Å². The van der Waals surface area contributed by atoms with E-state index in [2.05, 4.69) is 0 Å². The van der Waals surface area contributed by atoms with Crippen molar-refractivity contribution in [3.05, 3.63) is 11.6 Å². The van der Waals surface area contributed by atoms with Crippen LogP contribution < -0.4 is 0 Å². The van der Waals surface area contributed by atoms with E-state index in [-0.39, 0.29) is 36.8 Å². The van der Waals surface area contributed by atoms with E-state index in [9.17, 15) is 9.90 Å². The molecule has 1 aliphatic heterocycles. The van der Waals surface area contributed by atoms with Crippen LogP contribution in [0.25, 0.3) is 0 Å². The zero-order valence-electron chi connectivity index (χ0n) is 12.1. The number of aliphatic hydroxyl groups is 1. The Balaban J connectivity index is 2.65. The van der Waals surface area contributed by atoms with E-state index < -0.39 is 0 Å². The number of cyclic esters (lactones) is 1. The smallest absolute Gasteiger partial charge is 0.330 e. The standard InChI is InChI=1S/C14H24O5/c1-9-5-13(19-14(16)6-9)10(2)12(18-4)7-11(8-15)17-3/h6,10-13,15H,5,7-8H2,1-4H3/t10-,11+,12+,13-/m1/s1. The highest BCUT2D eigenvalue weighted by molar-refractivity contribution is 5.83. The molecule has 19 heavy (non-hydrogen) atoms.